The zero-order valence-electron chi connectivity index (χ0n) is 14.2. The monoisotopic (exact) mass is 344 g/mol. The van der Waals surface area contributed by atoms with E-state index in [9.17, 15) is 14.0 Å². The summed E-state index contributed by atoms with van der Waals surface area (Å²) in [7, 11) is 1.74. The Labute approximate surface area is 146 Å². The molecular formula is C19H21FN2O3. The maximum atomic E-state index is 13.2. The van der Waals surface area contributed by atoms with Crippen LogP contribution in [0.4, 0.5) is 4.39 Å². The Kier molecular flexibility index (Phi) is 5.16. The third-order valence-corrected chi connectivity index (χ3v) is 4.46. The van der Waals surface area contributed by atoms with Crippen LogP contribution in [0.2, 0.25) is 0 Å². The number of aryl methyl sites for hydroxylation is 1. The minimum Gasteiger partial charge on any atom is -0.493 e. The number of hydrogen-bond donors (Lipinski definition) is 0. The van der Waals surface area contributed by atoms with Gasteiger partial charge >= 0.3 is 0 Å². The van der Waals surface area contributed by atoms with Gasteiger partial charge in [0.1, 0.15) is 11.6 Å². The van der Waals surface area contributed by atoms with Crippen molar-refractivity contribution in [3.8, 4) is 5.75 Å². The lowest BCUT2D eigenvalue weighted by Crippen LogP contribution is -2.44. The van der Waals surface area contributed by atoms with Gasteiger partial charge in [-0.1, -0.05) is 6.07 Å². The number of benzene rings is 1. The van der Waals surface area contributed by atoms with Gasteiger partial charge < -0.3 is 14.2 Å². The van der Waals surface area contributed by atoms with E-state index in [1.54, 1.807) is 47.0 Å². The number of halogens is 1. The average molecular weight is 344 g/mol. The molecule has 1 aliphatic heterocycles. The van der Waals surface area contributed by atoms with Crippen molar-refractivity contribution in [2.75, 3.05) is 19.7 Å². The summed E-state index contributed by atoms with van der Waals surface area (Å²) >= 11 is 0. The predicted molar refractivity (Wildman–Crippen MR) is 90.9 cm³/mol. The fourth-order valence-electron chi connectivity index (χ4n) is 3.11. The van der Waals surface area contributed by atoms with E-state index in [0.717, 1.165) is 12.8 Å². The van der Waals surface area contributed by atoms with Gasteiger partial charge in [0.15, 0.2) is 0 Å². The summed E-state index contributed by atoms with van der Waals surface area (Å²) in [6, 6.07) is 9.39. The number of carbonyl (C=O) groups is 2. The molecule has 1 aliphatic rings. The van der Waals surface area contributed by atoms with E-state index in [0.29, 0.717) is 31.1 Å². The van der Waals surface area contributed by atoms with Crippen molar-refractivity contribution in [1.29, 1.82) is 0 Å². The third kappa shape index (κ3) is 4.07. The summed E-state index contributed by atoms with van der Waals surface area (Å²) in [5.41, 5.74) is 0.392. The van der Waals surface area contributed by atoms with Crippen LogP contribution in [-0.2, 0) is 11.8 Å². The molecule has 1 aromatic carbocycles. The molecule has 0 N–H and O–H groups in total. The SMILES string of the molecule is Cn1cccc1C(=O)C(=O)N1CCC[C@@H](COc2cccc(F)c2)C1. The molecule has 25 heavy (non-hydrogen) atoms. The Hall–Kier alpha value is -2.63. The number of ketones is 1. The van der Waals surface area contributed by atoms with E-state index in [1.165, 1.54) is 12.1 Å². The highest BCUT2D eigenvalue weighted by Crippen LogP contribution is 2.20. The molecule has 1 fully saturated rings. The van der Waals surface area contributed by atoms with Gasteiger partial charge in [0.25, 0.3) is 11.7 Å². The molecule has 0 unspecified atom stereocenters. The maximum absolute atomic E-state index is 13.2. The Morgan fingerprint density at radius 3 is 2.84 bits per heavy atom. The maximum Gasteiger partial charge on any atom is 0.296 e. The average Bonchev–Trinajstić information content (AvgIpc) is 3.05. The van der Waals surface area contributed by atoms with Gasteiger partial charge in [-0.05, 0) is 37.1 Å². The van der Waals surface area contributed by atoms with Gasteiger partial charge in [-0.25, -0.2) is 4.39 Å². The molecule has 3 rings (SSSR count). The van der Waals surface area contributed by atoms with E-state index >= 15 is 0 Å². The highest BCUT2D eigenvalue weighted by molar-refractivity contribution is 6.42. The van der Waals surface area contributed by atoms with E-state index in [1.807, 2.05) is 0 Å². The summed E-state index contributed by atoms with van der Waals surface area (Å²) in [4.78, 5) is 26.4. The van der Waals surface area contributed by atoms with E-state index < -0.39 is 11.7 Å². The second-order valence-electron chi connectivity index (χ2n) is 6.36. The van der Waals surface area contributed by atoms with Gasteiger partial charge in [-0.3, -0.25) is 9.59 Å². The number of ether oxygens (including phenoxy) is 1. The molecule has 0 saturated carbocycles. The largest absolute Gasteiger partial charge is 0.493 e. The van der Waals surface area contributed by atoms with Crippen LogP contribution in [0.15, 0.2) is 42.6 Å². The molecule has 0 radical (unpaired) electrons. The van der Waals surface area contributed by atoms with E-state index in [4.69, 9.17) is 4.74 Å². The van der Waals surface area contributed by atoms with Crippen molar-refractivity contribution in [2.24, 2.45) is 13.0 Å². The first-order valence-electron chi connectivity index (χ1n) is 8.38. The number of likely N-dealkylation sites (tertiary alicyclic amines) is 1. The summed E-state index contributed by atoms with van der Waals surface area (Å²) in [6.45, 7) is 1.45. The molecule has 0 bridgehead atoms. The summed E-state index contributed by atoms with van der Waals surface area (Å²) in [6.07, 6.45) is 3.48. The first kappa shape index (κ1) is 17.2. The third-order valence-electron chi connectivity index (χ3n) is 4.46. The summed E-state index contributed by atoms with van der Waals surface area (Å²) < 4.78 is 20.5. The number of Topliss-reactive ketones (excluding diaryl/α,β-unsaturated/α-hetero) is 1. The van der Waals surface area contributed by atoms with E-state index in [2.05, 4.69) is 0 Å². The van der Waals surface area contributed by atoms with Gasteiger partial charge in [-0.2, -0.15) is 0 Å². The number of aromatic nitrogens is 1. The summed E-state index contributed by atoms with van der Waals surface area (Å²) in [5, 5.41) is 0. The van der Waals surface area contributed by atoms with Crippen molar-refractivity contribution in [2.45, 2.75) is 12.8 Å². The summed E-state index contributed by atoms with van der Waals surface area (Å²) in [5.74, 6) is -0.701. The molecule has 0 aliphatic carbocycles. The standard InChI is InChI=1S/C19H21FN2O3/c1-21-9-4-8-17(21)18(23)19(24)22-10-3-5-14(12-22)13-25-16-7-2-6-15(20)11-16/h2,4,6-9,11,14H,3,5,10,12-13H2,1H3/t14-/m1/s1. The molecule has 2 heterocycles. The molecule has 1 amide bonds. The lowest BCUT2D eigenvalue weighted by molar-refractivity contribution is -0.128. The first-order chi connectivity index (χ1) is 12.0. The number of nitrogens with zero attached hydrogens (tertiary/aromatic N) is 2. The van der Waals surface area contributed by atoms with Crippen LogP contribution in [0.5, 0.6) is 5.75 Å². The smallest absolute Gasteiger partial charge is 0.296 e. The number of piperidine rings is 1. The van der Waals surface area contributed by atoms with Crippen LogP contribution in [0.25, 0.3) is 0 Å². The molecule has 1 atom stereocenters. The Morgan fingerprint density at radius 1 is 1.28 bits per heavy atom. The first-order valence-corrected chi connectivity index (χ1v) is 8.38. The second kappa shape index (κ2) is 7.51. The molecule has 5 nitrogen and oxygen atoms in total. The van der Waals surface area contributed by atoms with Gasteiger partial charge in [0, 0.05) is 38.3 Å². The van der Waals surface area contributed by atoms with Crippen LogP contribution in [-0.4, -0.2) is 40.9 Å². The van der Waals surface area contributed by atoms with E-state index in [-0.39, 0.29) is 11.7 Å². The minimum absolute atomic E-state index is 0.127. The quantitative estimate of drug-likeness (QED) is 0.619. The minimum atomic E-state index is -0.487. The molecule has 6 heteroatoms. The van der Waals surface area contributed by atoms with Gasteiger partial charge in [0.05, 0.1) is 12.3 Å². The van der Waals surface area contributed by atoms with Crippen molar-refractivity contribution >= 4 is 11.7 Å². The zero-order chi connectivity index (χ0) is 17.8. The lowest BCUT2D eigenvalue weighted by atomic mass is 9.98. The highest BCUT2D eigenvalue weighted by atomic mass is 19.1. The lowest BCUT2D eigenvalue weighted by Gasteiger charge is -2.32. The highest BCUT2D eigenvalue weighted by Gasteiger charge is 2.29. The molecule has 1 saturated heterocycles. The van der Waals surface area contributed by atoms with Crippen molar-refractivity contribution in [1.82, 2.24) is 9.47 Å². The normalized spacial score (nSPS) is 17.4. The Balaban J connectivity index is 1.58. The van der Waals surface area contributed by atoms with Crippen LogP contribution < -0.4 is 4.74 Å². The van der Waals surface area contributed by atoms with Crippen LogP contribution in [0, 0.1) is 11.7 Å². The zero-order valence-corrected chi connectivity index (χ0v) is 14.2. The predicted octanol–water partition coefficient (Wildman–Crippen LogP) is 2.66. The molecule has 132 valence electrons. The van der Waals surface area contributed by atoms with Crippen molar-refractivity contribution in [3.05, 3.63) is 54.1 Å². The number of carbonyl (C=O) groups excluding carboxylic acids is 2. The number of amides is 1. The van der Waals surface area contributed by atoms with Crippen LogP contribution in [0.1, 0.15) is 23.3 Å². The fourth-order valence-corrected chi connectivity index (χ4v) is 3.11. The number of rotatable bonds is 5. The van der Waals surface area contributed by atoms with Crippen LogP contribution >= 0.6 is 0 Å². The van der Waals surface area contributed by atoms with Gasteiger partial charge in [-0.15, -0.1) is 0 Å². The Bertz CT molecular complexity index is 772. The Morgan fingerprint density at radius 2 is 2.12 bits per heavy atom. The molecule has 2 aromatic rings. The fraction of sp³-hybridized carbons (Fsp3) is 0.368. The second-order valence-corrected chi connectivity index (χ2v) is 6.36. The van der Waals surface area contributed by atoms with Crippen molar-refractivity contribution in [3.63, 3.8) is 0 Å². The molecule has 1 aromatic heterocycles. The van der Waals surface area contributed by atoms with Gasteiger partial charge in [0.2, 0.25) is 0 Å². The molecular weight excluding hydrogens is 323 g/mol. The topological polar surface area (TPSA) is 51.5 Å². The molecule has 0 spiro atoms. The number of hydrogen-bond acceptors (Lipinski definition) is 3. The van der Waals surface area contributed by atoms with Crippen LogP contribution in [0.3, 0.4) is 0 Å². The van der Waals surface area contributed by atoms with Crippen molar-refractivity contribution < 1.29 is 18.7 Å².